The highest BCUT2D eigenvalue weighted by molar-refractivity contribution is 7.89. The Bertz CT molecular complexity index is 681. The molecule has 0 saturated carbocycles. The van der Waals surface area contributed by atoms with Gasteiger partial charge in [-0.15, -0.1) is 0 Å². The number of carboxylic acids is 1. The van der Waals surface area contributed by atoms with Gasteiger partial charge in [-0.2, -0.15) is 9.40 Å². The second-order valence-corrected chi connectivity index (χ2v) is 6.69. The Morgan fingerprint density at radius 2 is 2.10 bits per heavy atom. The van der Waals surface area contributed by atoms with Crippen LogP contribution in [0.2, 0.25) is 0 Å². The lowest BCUT2D eigenvalue weighted by atomic mass is 10.0. The molecule has 1 fully saturated rings. The summed E-state index contributed by atoms with van der Waals surface area (Å²) in [4.78, 5) is 22.2. The van der Waals surface area contributed by atoms with Crippen LogP contribution >= 0.6 is 0 Å². The lowest BCUT2D eigenvalue weighted by molar-refractivity contribution is -0.122. The minimum absolute atomic E-state index is 0.112. The molecule has 2 heterocycles. The predicted molar refractivity (Wildman–Crippen MR) is 71.0 cm³/mol. The van der Waals surface area contributed by atoms with Gasteiger partial charge in [0.2, 0.25) is 15.9 Å². The third-order valence-corrected chi connectivity index (χ3v) is 5.51. The van der Waals surface area contributed by atoms with Crippen molar-refractivity contribution in [1.82, 2.24) is 14.5 Å². The number of aromatic carboxylic acids is 1. The quantitative estimate of drug-likeness (QED) is 0.678. The Morgan fingerprint density at radius 1 is 1.43 bits per heavy atom. The molecule has 0 aromatic carbocycles. The summed E-state index contributed by atoms with van der Waals surface area (Å²) in [5.74, 6) is -2.19. The van der Waals surface area contributed by atoms with E-state index >= 15 is 0 Å². The molecule has 1 aromatic heterocycles. The molecule has 4 N–H and O–H groups in total. The number of nitrogens with zero attached hydrogens (tertiary/aromatic N) is 2. The highest BCUT2D eigenvalue weighted by Crippen LogP contribution is 2.28. The highest BCUT2D eigenvalue weighted by Gasteiger charge is 2.40. The van der Waals surface area contributed by atoms with E-state index in [4.69, 9.17) is 10.8 Å². The first-order valence-electron chi connectivity index (χ1n) is 6.36. The van der Waals surface area contributed by atoms with E-state index in [0.29, 0.717) is 19.3 Å². The Morgan fingerprint density at radius 3 is 2.67 bits per heavy atom. The Hall–Kier alpha value is -1.94. The van der Waals surface area contributed by atoms with Gasteiger partial charge in [0.15, 0.2) is 5.69 Å². The summed E-state index contributed by atoms with van der Waals surface area (Å²) in [5, 5.41) is 14.9. The average molecular weight is 316 g/mol. The van der Waals surface area contributed by atoms with Gasteiger partial charge in [-0.05, 0) is 19.8 Å². The molecule has 0 spiro atoms. The number of nitrogens with one attached hydrogen (secondary N) is 1. The first-order chi connectivity index (χ1) is 9.76. The van der Waals surface area contributed by atoms with Crippen LogP contribution in [0.3, 0.4) is 0 Å². The van der Waals surface area contributed by atoms with Crippen molar-refractivity contribution in [2.75, 3.05) is 6.54 Å². The van der Waals surface area contributed by atoms with Gasteiger partial charge in [-0.1, -0.05) is 6.42 Å². The number of amides is 1. The highest BCUT2D eigenvalue weighted by atomic mass is 32.2. The van der Waals surface area contributed by atoms with Gasteiger partial charge < -0.3 is 10.8 Å². The summed E-state index contributed by atoms with van der Waals surface area (Å²) >= 11 is 0. The zero-order chi connectivity index (χ0) is 15.8. The fraction of sp³-hybridized carbons (Fsp3) is 0.545. The van der Waals surface area contributed by atoms with Gasteiger partial charge in [-0.3, -0.25) is 9.89 Å². The van der Waals surface area contributed by atoms with E-state index in [2.05, 4.69) is 10.2 Å². The van der Waals surface area contributed by atoms with Crippen molar-refractivity contribution in [1.29, 1.82) is 0 Å². The number of hydrogen-bond donors (Lipinski definition) is 3. The molecule has 1 atom stereocenters. The van der Waals surface area contributed by atoms with E-state index in [1.54, 1.807) is 0 Å². The lowest BCUT2D eigenvalue weighted by Gasteiger charge is -2.32. The molecule has 2 rings (SSSR count). The number of carbonyl (C=O) groups is 2. The first-order valence-corrected chi connectivity index (χ1v) is 7.80. The summed E-state index contributed by atoms with van der Waals surface area (Å²) in [6.45, 7) is 1.54. The minimum Gasteiger partial charge on any atom is -0.476 e. The average Bonchev–Trinajstić information content (AvgIpc) is 2.81. The fourth-order valence-electron chi connectivity index (χ4n) is 2.47. The standard InChI is InChI=1S/C11H16N4O5S/c1-6-9(8(11(17)18)14-13-6)21(19,20)15-5-3-2-4-7(15)10(12)16/h7H,2-5H2,1H3,(H2,12,16)(H,13,14)(H,17,18). The largest absolute Gasteiger partial charge is 0.476 e. The molecule has 116 valence electrons. The molecule has 9 nitrogen and oxygen atoms in total. The van der Waals surface area contributed by atoms with E-state index in [0.717, 1.165) is 4.31 Å². The number of rotatable bonds is 4. The van der Waals surface area contributed by atoms with Crippen LogP contribution in [-0.4, -0.2) is 52.5 Å². The van der Waals surface area contributed by atoms with Gasteiger partial charge in [0.1, 0.15) is 10.9 Å². The third kappa shape index (κ3) is 2.63. The maximum Gasteiger partial charge on any atom is 0.357 e. The number of aryl methyl sites for hydroxylation is 1. The van der Waals surface area contributed by atoms with E-state index < -0.39 is 38.5 Å². The number of piperidine rings is 1. The first kappa shape index (κ1) is 15.4. The number of sulfonamides is 1. The van der Waals surface area contributed by atoms with Crippen molar-refractivity contribution in [2.24, 2.45) is 5.73 Å². The van der Waals surface area contributed by atoms with Crippen molar-refractivity contribution >= 4 is 21.9 Å². The van der Waals surface area contributed by atoms with Crippen molar-refractivity contribution in [2.45, 2.75) is 37.1 Å². The maximum atomic E-state index is 12.7. The van der Waals surface area contributed by atoms with Crippen molar-refractivity contribution in [3.8, 4) is 0 Å². The van der Waals surface area contributed by atoms with Crippen molar-refractivity contribution in [3.05, 3.63) is 11.4 Å². The summed E-state index contributed by atoms with van der Waals surface area (Å²) in [6.07, 6.45) is 1.60. The SMILES string of the molecule is Cc1[nH]nc(C(=O)O)c1S(=O)(=O)N1CCCCC1C(N)=O. The molecule has 0 radical (unpaired) electrons. The maximum absolute atomic E-state index is 12.7. The number of aromatic nitrogens is 2. The molecule has 10 heteroatoms. The number of carbonyl (C=O) groups excluding carboxylic acids is 1. The molecule has 0 bridgehead atoms. The van der Waals surface area contributed by atoms with Gasteiger partial charge in [0, 0.05) is 6.54 Å². The second kappa shape index (κ2) is 5.45. The lowest BCUT2D eigenvalue weighted by Crippen LogP contribution is -2.50. The van der Waals surface area contributed by atoms with Crippen LogP contribution in [0, 0.1) is 6.92 Å². The minimum atomic E-state index is -4.16. The van der Waals surface area contributed by atoms with E-state index in [1.807, 2.05) is 0 Å². The van der Waals surface area contributed by atoms with Gasteiger partial charge in [-0.25, -0.2) is 13.2 Å². The topological polar surface area (TPSA) is 146 Å². The van der Waals surface area contributed by atoms with Crippen LogP contribution in [0.15, 0.2) is 4.90 Å². The number of aromatic amines is 1. The molecule has 1 amide bonds. The predicted octanol–water partition coefficient (Wildman–Crippen LogP) is -0.555. The van der Waals surface area contributed by atoms with E-state index in [1.165, 1.54) is 6.92 Å². The van der Waals surface area contributed by atoms with Crippen molar-refractivity contribution in [3.63, 3.8) is 0 Å². The summed E-state index contributed by atoms with van der Waals surface area (Å²) in [6, 6.07) is -0.959. The van der Waals surface area contributed by atoms with Crippen LogP contribution in [0.5, 0.6) is 0 Å². The van der Waals surface area contributed by atoms with Gasteiger partial charge >= 0.3 is 5.97 Å². The summed E-state index contributed by atoms with van der Waals surface area (Å²) in [7, 11) is -4.16. The number of hydrogen-bond acceptors (Lipinski definition) is 5. The molecule has 21 heavy (non-hydrogen) atoms. The zero-order valence-corrected chi connectivity index (χ0v) is 12.2. The van der Waals surface area contributed by atoms with Gasteiger partial charge in [0.25, 0.3) is 0 Å². The molecular weight excluding hydrogens is 300 g/mol. The Balaban J connectivity index is 2.53. The van der Waals surface area contributed by atoms with E-state index in [-0.39, 0.29) is 12.2 Å². The molecule has 1 aliphatic heterocycles. The number of carboxylic acid groups (broad SMARTS) is 1. The van der Waals surface area contributed by atoms with Crippen LogP contribution < -0.4 is 5.73 Å². The normalized spacial score (nSPS) is 20.3. The summed E-state index contributed by atoms with van der Waals surface area (Å²) < 4.78 is 26.4. The van der Waals surface area contributed by atoms with Crippen LogP contribution in [0.1, 0.15) is 35.4 Å². The monoisotopic (exact) mass is 316 g/mol. The van der Waals surface area contributed by atoms with Crippen LogP contribution in [0.4, 0.5) is 0 Å². The van der Waals surface area contributed by atoms with Crippen LogP contribution in [0.25, 0.3) is 0 Å². The van der Waals surface area contributed by atoms with Crippen LogP contribution in [-0.2, 0) is 14.8 Å². The number of primary amides is 1. The Labute approximate surface area is 121 Å². The fourth-order valence-corrected chi connectivity index (χ4v) is 4.43. The molecule has 1 aliphatic rings. The summed E-state index contributed by atoms with van der Waals surface area (Å²) in [5.41, 5.74) is 4.79. The molecule has 0 aliphatic carbocycles. The second-order valence-electron chi connectivity index (χ2n) is 4.86. The van der Waals surface area contributed by atoms with Gasteiger partial charge in [0.05, 0.1) is 5.69 Å². The van der Waals surface area contributed by atoms with E-state index in [9.17, 15) is 18.0 Å². The molecule has 1 saturated heterocycles. The molecular formula is C11H16N4O5S. The molecule has 1 unspecified atom stereocenters. The third-order valence-electron chi connectivity index (χ3n) is 3.44. The Kier molecular flexibility index (Phi) is 4.01. The smallest absolute Gasteiger partial charge is 0.357 e. The number of nitrogens with two attached hydrogens (primary N) is 1. The van der Waals surface area contributed by atoms with Crippen molar-refractivity contribution < 1.29 is 23.1 Å². The molecule has 1 aromatic rings. The number of H-pyrrole nitrogens is 1. The zero-order valence-electron chi connectivity index (χ0n) is 11.4.